The number of carbonyl (C=O) groups is 1. The number of nitrogens with zero attached hydrogens (tertiary/aromatic N) is 4. The summed E-state index contributed by atoms with van der Waals surface area (Å²) in [6.45, 7) is 7.05. The SMILES string of the molecule is C#Cc1cccc(NC(=O)c2nnn(-c3cccc4c3CCN(CC)C4)c2C)c1. The molecule has 1 N–H and O–H groups in total. The van der Waals surface area contributed by atoms with Crippen molar-refractivity contribution < 1.29 is 4.79 Å². The van der Waals surface area contributed by atoms with E-state index in [0.717, 1.165) is 31.7 Å². The number of carbonyl (C=O) groups excluding carboxylic acids is 1. The fourth-order valence-electron chi connectivity index (χ4n) is 3.76. The van der Waals surface area contributed by atoms with Gasteiger partial charge in [-0.1, -0.05) is 36.3 Å². The first-order valence-corrected chi connectivity index (χ1v) is 9.74. The summed E-state index contributed by atoms with van der Waals surface area (Å²) in [4.78, 5) is 15.2. The van der Waals surface area contributed by atoms with Crippen molar-refractivity contribution in [3.05, 3.63) is 70.5 Å². The van der Waals surface area contributed by atoms with Gasteiger partial charge in [-0.25, -0.2) is 4.68 Å². The Balaban J connectivity index is 1.63. The lowest BCUT2D eigenvalue weighted by molar-refractivity contribution is 0.102. The maximum atomic E-state index is 12.8. The van der Waals surface area contributed by atoms with E-state index in [9.17, 15) is 4.79 Å². The smallest absolute Gasteiger partial charge is 0.278 e. The molecule has 6 nitrogen and oxygen atoms in total. The number of fused-ring (bicyclic) bond motifs is 1. The number of nitrogens with one attached hydrogen (secondary N) is 1. The minimum atomic E-state index is -0.301. The third-order valence-corrected chi connectivity index (χ3v) is 5.39. The molecule has 146 valence electrons. The van der Waals surface area contributed by atoms with Gasteiger partial charge in [0.25, 0.3) is 5.91 Å². The van der Waals surface area contributed by atoms with Gasteiger partial charge in [0.2, 0.25) is 0 Å². The summed E-state index contributed by atoms with van der Waals surface area (Å²) < 4.78 is 1.77. The Bertz CT molecular complexity index is 1110. The zero-order valence-corrected chi connectivity index (χ0v) is 16.6. The fourth-order valence-corrected chi connectivity index (χ4v) is 3.76. The summed E-state index contributed by atoms with van der Waals surface area (Å²) in [5.74, 6) is 2.27. The maximum absolute atomic E-state index is 12.8. The maximum Gasteiger partial charge on any atom is 0.278 e. The van der Waals surface area contributed by atoms with Crippen molar-refractivity contribution in [2.75, 3.05) is 18.4 Å². The molecule has 2 heterocycles. The van der Waals surface area contributed by atoms with E-state index >= 15 is 0 Å². The number of rotatable bonds is 4. The molecule has 0 saturated heterocycles. The van der Waals surface area contributed by atoms with E-state index in [4.69, 9.17) is 6.42 Å². The summed E-state index contributed by atoms with van der Waals surface area (Å²) in [5, 5.41) is 11.3. The van der Waals surface area contributed by atoms with Gasteiger partial charge in [0.05, 0.1) is 11.4 Å². The molecule has 4 rings (SSSR count). The molecule has 0 saturated carbocycles. The zero-order chi connectivity index (χ0) is 20.4. The van der Waals surface area contributed by atoms with Crippen LogP contribution >= 0.6 is 0 Å². The number of benzene rings is 2. The molecule has 0 radical (unpaired) electrons. The van der Waals surface area contributed by atoms with Gasteiger partial charge in [0, 0.05) is 24.3 Å². The lowest BCUT2D eigenvalue weighted by Gasteiger charge is -2.29. The van der Waals surface area contributed by atoms with E-state index in [1.54, 1.807) is 16.8 Å². The summed E-state index contributed by atoms with van der Waals surface area (Å²) in [7, 11) is 0. The monoisotopic (exact) mass is 385 g/mol. The van der Waals surface area contributed by atoms with Crippen LogP contribution in [0.1, 0.15) is 39.8 Å². The van der Waals surface area contributed by atoms with Crippen LogP contribution in [0.5, 0.6) is 0 Å². The van der Waals surface area contributed by atoms with Gasteiger partial charge in [0.15, 0.2) is 5.69 Å². The molecule has 2 aromatic carbocycles. The highest BCUT2D eigenvalue weighted by molar-refractivity contribution is 6.03. The van der Waals surface area contributed by atoms with Crippen LogP contribution in [0.3, 0.4) is 0 Å². The van der Waals surface area contributed by atoms with Gasteiger partial charge in [-0.05, 0) is 55.3 Å². The normalized spacial score (nSPS) is 13.6. The molecule has 6 heteroatoms. The van der Waals surface area contributed by atoms with Crippen molar-refractivity contribution in [1.29, 1.82) is 0 Å². The number of hydrogen-bond acceptors (Lipinski definition) is 4. The molecule has 1 aliphatic heterocycles. The van der Waals surface area contributed by atoms with E-state index in [2.05, 4.69) is 39.4 Å². The van der Waals surface area contributed by atoms with Crippen LogP contribution in [0, 0.1) is 19.3 Å². The minimum Gasteiger partial charge on any atom is -0.320 e. The molecular weight excluding hydrogens is 362 g/mol. The molecule has 0 spiro atoms. The third-order valence-electron chi connectivity index (χ3n) is 5.39. The number of hydrogen-bond donors (Lipinski definition) is 1. The van der Waals surface area contributed by atoms with E-state index in [1.165, 1.54) is 11.1 Å². The lowest BCUT2D eigenvalue weighted by atomic mass is 9.97. The third kappa shape index (κ3) is 3.65. The summed E-state index contributed by atoms with van der Waals surface area (Å²) in [5.41, 5.74) is 5.94. The van der Waals surface area contributed by atoms with Crippen LogP contribution in [-0.4, -0.2) is 38.9 Å². The van der Waals surface area contributed by atoms with Gasteiger partial charge < -0.3 is 5.32 Å². The number of aromatic nitrogens is 3. The molecule has 1 aliphatic rings. The Morgan fingerprint density at radius 2 is 2.10 bits per heavy atom. The zero-order valence-electron chi connectivity index (χ0n) is 16.6. The van der Waals surface area contributed by atoms with Gasteiger partial charge >= 0.3 is 0 Å². The predicted molar refractivity (Wildman–Crippen MR) is 113 cm³/mol. The van der Waals surface area contributed by atoms with E-state index < -0.39 is 0 Å². The van der Waals surface area contributed by atoms with E-state index in [1.807, 2.05) is 31.2 Å². The first-order valence-electron chi connectivity index (χ1n) is 9.74. The van der Waals surface area contributed by atoms with Crippen LogP contribution in [0.2, 0.25) is 0 Å². The number of likely N-dealkylation sites (N-methyl/N-ethyl adjacent to an activating group) is 1. The van der Waals surface area contributed by atoms with Crippen LogP contribution in [0.25, 0.3) is 5.69 Å². The Morgan fingerprint density at radius 3 is 2.90 bits per heavy atom. The molecule has 0 atom stereocenters. The molecule has 0 aliphatic carbocycles. The first-order chi connectivity index (χ1) is 14.1. The van der Waals surface area contributed by atoms with Crippen molar-refractivity contribution in [2.24, 2.45) is 0 Å². The number of anilines is 1. The Kier molecular flexibility index (Phi) is 5.15. The standard InChI is InChI=1S/C23H23N5O/c1-4-17-8-6-10-19(14-17)24-23(29)22-16(3)28(26-25-22)21-11-7-9-18-15-27(5-2)13-12-20(18)21/h1,6-11,14H,5,12-13,15H2,2-3H3,(H,24,29). The highest BCUT2D eigenvalue weighted by Gasteiger charge is 2.22. The summed E-state index contributed by atoms with van der Waals surface area (Å²) >= 11 is 0. The second-order valence-corrected chi connectivity index (χ2v) is 7.15. The quantitative estimate of drug-likeness (QED) is 0.701. The molecule has 0 unspecified atom stereocenters. The van der Waals surface area contributed by atoms with Gasteiger partial charge in [-0.3, -0.25) is 9.69 Å². The Morgan fingerprint density at radius 1 is 1.28 bits per heavy atom. The van der Waals surface area contributed by atoms with Crippen molar-refractivity contribution in [3.8, 4) is 18.0 Å². The Hall–Kier alpha value is -3.43. The molecule has 1 amide bonds. The number of amides is 1. The van der Waals surface area contributed by atoms with Gasteiger partial charge in [-0.2, -0.15) is 0 Å². The average molecular weight is 385 g/mol. The molecule has 29 heavy (non-hydrogen) atoms. The van der Waals surface area contributed by atoms with Crippen molar-refractivity contribution in [1.82, 2.24) is 19.9 Å². The topological polar surface area (TPSA) is 63.1 Å². The van der Waals surface area contributed by atoms with Crippen molar-refractivity contribution in [3.63, 3.8) is 0 Å². The van der Waals surface area contributed by atoms with E-state index in [-0.39, 0.29) is 5.91 Å². The second kappa shape index (κ2) is 7.90. The summed E-state index contributed by atoms with van der Waals surface area (Å²) in [6, 6.07) is 13.4. The molecule has 3 aromatic rings. The van der Waals surface area contributed by atoms with Gasteiger partial charge in [0.1, 0.15) is 0 Å². The van der Waals surface area contributed by atoms with E-state index in [0.29, 0.717) is 22.6 Å². The van der Waals surface area contributed by atoms with Crippen LogP contribution < -0.4 is 5.32 Å². The van der Waals surface area contributed by atoms with Crippen molar-refractivity contribution in [2.45, 2.75) is 26.8 Å². The highest BCUT2D eigenvalue weighted by atomic mass is 16.2. The number of terminal acetylenes is 1. The molecule has 0 bridgehead atoms. The average Bonchev–Trinajstić information content (AvgIpc) is 3.14. The van der Waals surface area contributed by atoms with Crippen LogP contribution in [-0.2, 0) is 13.0 Å². The summed E-state index contributed by atoms with van der Waals surface area (Å²) in [6.07, 6.45) is 6.39. The highest BCUT2D eigenvalue weighted by Crippen LogP contribution is 2.26. The second-order valence-electron chi connectivity index (χ2n) is 7.15. The van der Waals surface area contributed by atoms with Crippen LogP contribution in [0.4, 0.5) is 5.69 Å². The largest absolute Gasteiger partial charge is 0.320 e. The molecule has 1 aromatic heterocycles. The fraction of sp³-hybridized carbons (Fsp3) is 0.261. The Labute approximate surface area is 170 Å². The molecular formula is C23H23N5O. The van der Waals surface area contributed by atoms with Crippen molar-refractivity contribution >= 4 is 11.6 Å². The lowest BCUT2D eigenvalue weighted by Crippen LogP contribution is -2.31. The van der Waals surface area contributed by atoms with Gasteiger partial charge in [-0.15, -0.1) is 11.5 Å². The first kappa shape index (κ1) is 18.9. The molecule has 0 fully saturated rings. The predicted octanol–water partition coefficient (Wildman–Crippen LogP) is 3.19. The van der Waals surface area contributed by atoms with Crippen LogP contribution in [0.15, 0.2) is 42.5 Å². The minimum absolute atomic E-state index is 0.301.